The Balaban J connectivity index is -0.00000159. The van der Waals surface area contributed by atoms with Crippen LogP contribution in [0.4, 0.5) is 28.4 Å². The van der Waals surface area contributed by atoms with Crippen molar-refractivity contribution in [1.29, 1.82) is 0 Å². The van der Waals surface area contributed by atoms with Crippen LogP contribution in [-0.4, -0.2) is 210 Å². The summed E-state index contributed by atoms with van der Waals surface area (Å²) in [5, 5.41) is 44.6. The van der Waals surface area contributed by atoms with Crippen molar-refractivity contribution in [3.8, 4) is 28.7 Å². The second-order valence-corrected chi connectivity index (χ2v) is 43.6. The number of nitrogens with one attached hydrogen (secondary N) is 1. The van der Waals surface area contributed by atoms with E-state index in [-0.39, 0.29) is 289 Å². The van der Waals surface area contributed by atoms with Crippen LogP contribution < -0.4 is 262 Å². The largest absolute Gasteiger partial charge is 1.00 e. The summed E-state index contributed by atoms with van der Waals surface area (Å²) in [4.78, 5) is 66.9. The number of anilines is 5. The number of carboxylic acid groups (broad SMARTS) is 2. The van der Waals surface area contributed by atoms with Crippen molar-refractivity contribution in [3.63, 3.8) is 0 Å². The van der Waals surface area contributed by atoms with Gasteiger partial charge in [0.25, 0.3) is 0 Å². The molecule has 0 aromatic heterocycles. The summed E-state index contributed by atoms with van der Waals surface area (Å²) in [6, 6.07) is 35.6. The SMILES string of the molecule is C1CCOC1.CC1(C)CC(CS(=O)(=O)[O-])c2cc(ON)c(O)cc2N1CCCC(=O)[O-].CC1(C)CC(CS(=O)(=O)[O-])c2ccc(O)cc2N1CCCC(=O)[O-].CCCCCN1c2cc(OC)ccc2C(CS(=O)(=O)[O-])CC1(C)C.O=C=O.O=C=O.O=S(=O)([O-])CCCC1CCCc2ccccc21.[CH2-]CCN1c2cc(OC)ccc2C(CS(=O)(=O)[O-])CC1(C)C.[Na+].[Na+].[Na+].[Na+].[Na+].[Na+].[Na+].c1ccc2c(c1)CCCN2. The predicted molar refractivity (Wildman–Crippen MR) is 498 cm³/mol. The number of carbonyl (C=O) groups excluding carboxylic acids is 6. The molecule has 1 saturated heterocycles. The molecule has 47 heteroatoms. The molecular weight excluding hydrogens is 2000 g/mol. The van der Waals surface area contributed by atoms with Crippen molar-refractivity contribution in [2.75, 3.05) is 114 Å². The van der Waals surface area contributed by atoms with Gasteiger partial charge in [0.15, 0.2) is 11.5 Å². The Hall–Kier alpha value is -2.51. The zero-order valence-electron chi connectivity index (χ0n) is 85.2. The first-order chi connectivity index (χ1) is 62.6. The average molecular weight is 2130 g/mol. The molecule has 748 valence electrons. The summed E-state index contributed by atoms with van der Waals surface area (Å²) < 4.78 is 183. The van der Waals surface area contributed by atoms with Crippen molar-refractivity contribution >= 4 is 103 Å². The maximum Gasteiger partial charge on any atom is 1.00 e. The van der Waals surface area contributed by atoms with E-state index in [0.717, 1.165) is 112 Å². The van der Waals surface area contributed by atoms with Crippen molar-refractivity contribution < 1.29 is 340 Å². The van der Waals surface area contributed by atoms with Gasteiger partial charge < -0.3 is 104 Å². The molecule has 35 nitrogen and oxygen atoms in total. The summed E-state index contributed by atoms with van der Waals surface area (Å²) in [5.41, 5.74) is 10.1. The number of aliphatic carboxylic acids is 2. The van der Waals surface area contributed by atoms with Crippen molar-refractivity contribution in [2.24, 2.45) is 5.90 Å². The second-order valence-electron chi connectivity index (χ2n) is 36.3. The molecule has 6 heterocycles. The van der Waals surface area contributed by atoms with Gasteiger partial charge >= 0.3 is 219 Å². The van der Waals surface area contributed by atoms with Crippen LogP contribution in [0.25, 0.3) is 0 Å². The first-order valence-electron chi connectivity index (χ1n) is 44.5. The number of hydrogen-bond donors (Lipinski definition) is 4. The second kappa shape index (κ2) is 67.7. The van der Waals surface area contributed by atoms with Crippen LogP contribution in [0.3, 0.4) is 0 Å². The van der Waals surface area contributed by atoms with E-state index in [1.54, 1.807) is 20.3 Å². The standard InChI is InChI=1S/C18H29NO4S.C16H24N2O7S.C16H23NO6S.C16H24NO4S.C13H18O3S.C9H11N.C4H8O.2CO2.7Na/c1-5-6-7-10-19-17-11-15(23-4)8-9-16(17)14(12-18(19,2)3)13-24(20,21)22;1-16(2)8-10(9-26(22,23)24)11-6-14(25-17)13(19)7-12(11)18(16)5-3-4-15(20)21;1-16(2)9-11(10-24(21,22)23)13-6-5-12(18)8-14(13)17(16)7-3-4-15(19)20;1-5-8-17-15-9-13(21-4)6-7-14(15)12(10-16(17,2)3)11-22(18,19)20;14-17(15,16)10-4-8-12-7-3-6-11-5-1-2-9-13(11)12;1-2-6-9-8(4-1)5-3-7-10-9;1-2-4-5-3-1;2*2-1-3;;;;;;;/h8-9,11,14H,5-7,10,12-13H2,1-4H3,(H,20,21,22);6-7,10,19H,3-5,8-9,17H2,1-2H3,(H,20,21)(H,22,23,24);5-6,8,11,18H,3-4,7,9-10H2,1-2H3,(H,19,20)(H,21,22,23);6-7,9,12H,1,5,8,10-11H2,2-4H3,(H,18,19,20);1-2,5,9,12H,3-4,6-8,10H2,(H,14,15,16);1-2,4,6,10H,3,5,7H2;1-4H2;;;;;;;;;/q;;;-1;;;;;;7*+1/p-7. The Morgan fingerprint density at radius 2 is 0.844 bits per heavy atom. The molecule has 6 aromatic rings. The van der Waals surface area contributed by atoms with E-state index in [1.165, 1.54) is 72.3 Å². The minimum absolute atomic E-state index is 0. The number of nitrogens with zero attached hydrogens (tertiary/aromatic N) is 4. The number of aryl methyl sites for hydroxylation is 2. The van der Waals surface area contributed by atoms with E-state index in [4.69, 9.17) is 39.3 Å². The number of hydrogen-bond acceptors (Lipinski definition) is 35. The van der Waals surface area contributed by atoms with Crippen LogP contribution in [0.1, 0.15) is 253 Å². The number of carboxylic acids is 2. The van der Waals surface area contributed by atoms with Crippen LogP contribution in [0.15, 0.2) is 115 Å². The number of phenols is 2. The Morgan fingerprint density at radius 1 is 0.468 bits per heavy atom. The van der Waals surface area contributed by atoms with E-state index < -0.39 is 96.9 Å². The molecule has 0 saturated carbocycles. The first-order valence-corrected chi connectivity index (χ1v) is 52.4. The van der Waals surface area contributed by atoms with E-state index in [0.29, 0.717) is 92.2 Å². The smallest absolute Gasteiger partial charge is 0.748 e. The molecule has 141 heavy (non-hydrogen) atoms. The molecule has 1 fully saturated rings. The third-order valence-electron chi connectivity index (χ3n) is 24.3. The van der Waals surface area contributed by atoms with Crippen molar-refractivity contribution in [1.82, 2.24) is 0 Å². The Morgan fingerprint density at radius 3 is 1.22 bits per heavy atom. The number of unbranched alkanes of at least 4 members (excludes halogenated alkanes) is 2. The molecule has 0 spiro atoms. The Labute approximate surface area is 988 Å². The minimum Gasteiger partial charge on any atom is -0.748 e. The summed E-state index contributed by atoms with van der Waals surface area (Å²) in [6.07, 6.45) is 16.9. The number of nitrogens with two attached hydrogens (primary N) is 1. The van der Waals surface area contributed by atoms with Gasteiger partial charge in [0.05, 0.1) is 64.8 Å². The minimum atomic E-state index is -4.48. The van der Waals surface area contributed by atoms with Gasteiger partial charge in [0.1, 0.15) is 17.2 Å². The monoisotopic (exact) mass is 2130 g/mol. The topological polar surface area (TPSA) is 563 Å². The van der Waals surface area contributed by atoms with Crippen LogP contribution in [-0.2, 0) is 96.9 Å². The third kappa shape index (κ3) is 49.6. The summed E-state index contributed by atoms with van der Waals surface area (Å²) in [5.74, 6) is 0.824. The quantitative estimate of drug-likeness (QED) is 0.0111. The molecule has 0 amide bonds. The number of para-hydroxylation sites is 1. The number of methoxy groups -OCH3 is 2. The number of ether oxygens (including phenoxy) is 3. The van der Waals surface area contributed by atoms with Crippen molar-refractivity contribution in [3.05, 3.63) is 161 Å². The van der Waals surface area contributed by atoms with E-state index in [9.17, 15) is 94.9 Å². The molecule has 5 N–H and O–H groups in total. The van der Waals surface area contributed by atoms with Gasteiger partial charge in [-0.25, -0.2) is 42.1 Å². The summed E-state index contributed by atoms with van der Waals surface area (Å²) in [7, 11) is -18.2. The number of benzene rings is 6. The van der Waals surface area contributed by atoms with Gasteiger partial charge in [-0.2, -0.15) is 31.5 Å². The number of phenolic OH excluding ortho intramolecular Hbond substituents is 2. The molecular formula is C94H130N6Na7O29S5-. The van der Waals surface area contributed by atoms with Crippen LogP contribution in [0, 0.1) is 6.92 Å². The van der Waals surface area contributed by atoms with Crippen LogP contribution in [0.2, 0.25) is 0 Å². The van der Waals surface area contributed by atoms with Crippen LogP contribution in [0.5, 0.6) is 28.7 Å². The summed E-state index contributed by atoms with van der Waals surface area (Å²) in [6.45, 7) is 27.6. The maximum absolute atomic E-state index is 11.3. The maximum atomic E-state index is 11.3. The van der Waals surface area contributed by atoms with E-state index >= 15 is 0 Å². The van der Waals surface area contributed by atoms with Gasteiger partial charge in [-0.1, -0.05) is 80.4 Å². The average Bonchev–Trinajstić information content (AvgIpc) is 0.866. The Kier molecular flexibility index (Phi) is 68.5. The Bertz CT molecular complexity index is 5470. The molecule has 5 atom stereocenters. The number of rotatable bonds is 29. The van der Waals surface area contributed by atoms with Crippen molar-refractivity contribution in [2.45, 2.75) is 249 Å². The van der Waals surface area contributed by atoms with Gasteiger partial charge in [0.2, 0.25) is 0 Å². The van der Waals surface area contributed by atoms with Crippen LogP contribution >= 0.6 is 0 Å². The molecule has 6 aliphatic heterocycles. The molecule has 13 rings (SSSR count). The molecule has 0 radical (unpaired) electrons. The fraction of sp³-hybridized carbons (Fsp3) is 0.564. The molecule has 5 unspecified atom stereocenters. The van der Waals surface area contributed by atoms with Gasteiger partial charge in [-0.15, -0.1) is 0 Å². The number of carbonyl (C=O) groups is 2. The van der Waals surface area contributed by atoms with Gasteiger partial charge in [-0.3, -0.25) is 0 Å². The van der Waals surface area contributed by atoms with Gasteiger partial charge in [0, 0.05) is 179 Å². The third-order valence-corrected chi connectivity index (χ3v) is 28.3. The van der Waals surface area contributed by atoms with E-state index in [2.05, 4.69) is 97.9 Å². The zero-order chi connectivity index (χ0) is 100. The molecule has 6 aromatic carbocycles. The summed E-state index contributed by atoms with van der Waals surface area (Å²) >= 11 is 0. The number of fused-ring (bicyclic) bond motifs is 6. The predicted octanol–water partition coefficient (Wildman–Crippen LogP) is -10.5. The first kappa shape index (κ1) is 143. The fourth-order valence-electron chi connectivity index (χ4n) is 18.7. The molecule has 1 aliphatic carbocycles. The zero-order valence-corrected chi connectivity index (χ0v) is 103. The van der Waals surface area contributed by atoms with E-state index in [1.807, 2.05) is 86.0 Å². The molecule has 0 bridgehead atoms. The molecule has 7 aliphatic rings. The number of aromatic hydroxyl groups is 2. The van der Waals surface area contributed by atoms with Gasteiger partial charge in [-0.05, 0) is 253 Å². The fourth-order valence-corrected chi connectivity index (χ4v) is 22.4. The normalized spacial score (nSPS) is 18.0.